The van der Waals surface area contributed by atoms with Crippen LogP contribution < -0.4 is 10.2 Å². The second-order valence-corrected chi connectivity index (χ2v) is 6.36. The summed E-state index contributed by atoms with van der Waals surface area (Å²) in [5.41, 5.74) is 0.598. The predicted molar refractivity (Wildman–Crippen MR) is 87.0 cm³/mol. The van der Waals surface area contributed by atoms with Crippen molar-refractivity contribution < 1.29 is 14.3 Å². The Morgan fingerprint density at radius 1 is 1.26 bits per heavy atom. The van der Waals surface area contributed by atoms with Gasteiger partial charge in [-0.25, -0.2) is 9.18 Å². The van der Waals surface area contributed by atoms with E-state index in [0.29, 0.717) is 18.8 Å². The summed E-state index contributed by atoms with van der Waals surface area (Å²) in [6, 6.07) is 6.59. The van der Waals surface area contributed by atoms with Crippen LogP contribution in [0.2, 0.25) is 0 Å². The second kappa shape index (κ2) is 7.17. The Kier molecular flexibility index (Phi) is 5.00. The minimum Gasteiger partial charge on any atom is -0.394 e. The second-order valence-electron chi connectivity index (χ2n) is 6.36. The molecule has 6 heteroatoms. The number of rotatable bonds is 3. The Morgan fingerprint density at radius 2 is 2.04 bits per heavy atom. The van der Waals surface area contributed by atoms with E-state index in [1.807, 2.05) is 11.0 Å². The van der Waals surface area contributed by atoms with E-state index in [4.69, 9.17) is 0 Å². The fraction of sp³-hybridized carbons (Fsp3) is 0.588. The maximum atomic E-state index is 13.9. The molecule has 2 amide bonds. The number of aliphatic hydroxyl groups excluding tert-OH is 1. The number of hydrogen-bond donors (Lipinski definition) is 2. The topological polar surface area (TPSA) is 55.8 Å². The van der Waals surface area contributed by atoms with Crippen LogP contribution in [0.1, 0.15) is 25.7 Å². The van der Waals surface area contributed by atoms with Crippen LogP contribution in [-0.2, 0) is 0 Å². The van der Waals surface area contributed by atoms with E-state index in [1.165, 1.54) is 6.07 Å². The van der Waals surface area contributed by atoms with Gasteiger partial charge in [-0.2, -0.15) is 0 Å². The minimum atomic E-state index is -0.223. The number of nitrogens with zero attached hydrogens (tertiary/aromatic N) is 2. The summed E-state index contributed by atoms with van der Waals surface area (Å²) in [7, 11) is 0. The number of urea groups is 1. The van der Waals surface area contributed by atoms with Crippen LogP contribution >= 0.6 is 0 Å². The molecule has 0 aliphatic carbocycles. The molecule has 0 radical (unpaired) electrons. The highest BCUT2D eigenvalue weighted by Crippen LogP contribution is 2.23. The Bertz CT molecular complexity index is 554. The summed E-state index contributed by atoms with van der Waals surface area (Å²) in [5.74, 6) is -0.223. The number of para-hydroxylation sites is 1. The highest BCUT2D eigenvalue weighted by molar-refractivity contribution is 5.75. The number of anilines is 1. The number of hydrogen-bond acceptors (Lipinski definition) is 3. The molecule has 0 aromatic heterocycles. The van der Waals surface area contributed by atoms with Crippen molar-refractivity contribution in [2.45, 2.75) is 37.8 Å². The van der Waals surface area contributed by atoms with E-state index in [9.17, 15) is 14.3 Å². The minimum absolute atomic E-state index is 0.01000. The first-order valence-corrected chi connectivity index (χ1v) is 8.36. The number of benzene rings is 1. The van der Waals surface area contributed by atoms with E-state index < -0.39 is 0 Å². The van der Waals surface area contributed by atoms with Crippen molar-refractivity contribution in [3.05, 3.63) is 30.1 Å². The van der Waals surface area contributed by atoms with Gasteiger partial charge in [-0.3, -0.25) is 0 Å². The quantitative estimate of drug-likeness (QED) is 0.895. The fourth-order valence-corrected chi connectivity index (χ4v) is 3.57. The van der Waals surface area contributed by atoms with Gasteiger partial charge < -0.3 is 20.2 Å². The van der Waals surface area contributed by atoms with Crippen molar-refractivity contribution in [1.29, 1.82) is 0 Å². The summed E-state index contributed by atoms with van der Waals surface area (Å²) < 4.78 is 13.9. The molecule has 5 nitrogen and oxygen atoms in total. The molecule has 2 fully saturated rings. The molecule has 2 N–H and O–H groups in total. The van der Waals surface area contributed by atoms with Crippen molar-refractivity contribution in [2.24, 2.45) is 0 Å². The third-order valence-corrected chi connectivity index (χ3v) is 4.79. The smallest absolute Gasteiger partial charge is 0.318 e. The molecule has 1 unspecified atom stereocenters. The van der Waals surface area contributed by atoms with Crippen molar-refractivity contribution in [1.82, 2.24) is 10.2 Å². The fourth-order valence-electron chi connectivity index (χ4n) is 3.57. The molecule has 0 spiro atoms. The third kappa shape index (κ3) is 3.58. The zero-order valence-electron chi connectivity index (χ0n) is 13.2. The molecular weight excluding hydrogens is 297 g/mol. The Morgan fingerprint density at radius 3 is 2.83 bits per heavy atom. The lowest BCUT2D eigenvalue weighted by Crippen LogP contribution is -2.53. The molecule has 2 heterocycles. The average Bonchev–Trinajstić information content (AvgIpc) is 3.04. The maximum Gasteiger partial charge on any atom is 0.318 e. The lowest BCUT2D eigenvalue weighted by atomic mass is 10.0. The van der Waals surface area contributed by atoms with E-state index in [1.54, 1.807) is 17.0 Å². The van der Waals surface area contributed by atoms with Gasteiger partial charge in [0.1, 0.15) is 5.82 Å². The molecule has 1 aromatic carbocycles. The van der Waals surface area contributed by atoms with Gasteiger partial charge in [0.25, 0.3) is 0 Å². The predicted octanol–water partition coefficient (Wildman–Crippen LogP) is 1.96. The van der Waals surface area contributed by atoms with Crippen molar-refractivity contribution in [3.8, 4) is 0 Å². The number of piperidine rings is 1. The van der Waals surface area contributed by atoms with Gasteiger partial charge in [0, 0.05) is 25.7 Å². The SMILES string of the molecule is O=C(NC1CCCN(c2ccccc2F)C1)N1CCC[C@H]1CO. The van der Waals surface area contributed by atoms with Gasteiger partial charge in [-0.1, -0.05) is 12.1 Å². The van der Waals surface area contributed by atoms with Gasteiger partial charge in [0.05, 0.1) is 18.3 Å². The number of carbonyl (C=O) groups excluding carboxylic acids is 1. The molecule has 2 saturated heterocycles. The van der Waals surface area contributed by atoms with E-state index in [2.05, 4.69) is 5.32 Å². The molecule has 23 heavy (non-hydrogen) atoms. The van der Waals surface area contributed by atoms with Crippen molar-refractivity contribution in [2.75, 3.05) is 31.1 Å². The van der Waals surface area contributed by atoms with E-state index >= 15 is 0 Å². The van der Waals surface area contributed by atoms with Crippen molar-refractivity contribution in [3.63, 3.8) is 0 Å². The molecule has 1 aromatic rings. The van der Waals surface area contributed by atoms with E-state index in [-0.39, 0.29) is 30.5 Å². The first-order valence-electron chi connectivity index (χ1n) is 8.36. The lowest BCUT2D eigenvalue weighted by Gasteiger charge is -2.36. The van der Waals surface area contributed by atoms with Crippen LogP contribution in [0.5, 0.6) is 0 Å². The first-order chi connectivity index (χ1) is 11.2. The molecule has 2 atom stereocenters. The van der Waals surface area contributed by atoms with Crippen LogP contribution in [0.3, 0.4) is 0 Å². The monoisotopic (exact) mass is 321 g/mol. The molecule has 0 saturated carbocycles. The number of halogens is 1. The summed E-state index contributed by atoms with van der Waals surface area (Å²) in [4.78, 5) is 16.1. The van der Waals surface area contributed by atoms with Crippen LogP contribution in [0.15, 0.2) is 24.3 Å². The summed E-state index contributed by atoms with van der Waals surface area (Å²) in [6.45, 7) is 2.13. The number of likely N-dealkylation sites (tertiary alicyclic amines) is 1. The number of carbonyl (C=O) groups is 1. The number of aliphatic hydroxyl groups is 1. The average molecular weight is 321 g/mol. The maximum absolute atomic E-state index is 13.9. The highest BCUT2D eigenvalue weighted by atomic mass is 19.1. The zero-order chi connectivity index (χ0) is 16.2. The van der Waals surface area contributed by atoms with Crippen LogP contribution in [0.4, 0.5) is 14.9 Å². The first kappa shape index (κ1) is 16.1. The molecule has 2 aliphatic heterocycles. The van der Waals surface area contributed by atoms with Gasteiger partial charge in [-0.15, -0.1) is 0 Å². The summed E-state index contributed by atoms with van der Waals surface area (Å²) in [5, 5.41) is 12.4. The molecular formula is C17H24FN3O2. The molecule has 3 rings (SSSR count). The summed E-state index contributed by atoms with van der Waals surface area (Å²) >= 11 is 0. The Balaban J connectivity index is 1.61. The molecule has 0 bridgehead atoms. The number of nitrogens with one attached hydrogen (secondary N) is 1. The largest absolute Gasteiger partial charge is 0.394 e. The standard InChI is InChI=1S/C17H24FN3O2/c18-15-7-1-2-8-16(15)20-9-3-5-13(11-20)19-17(23)21-10-4-6-14(21)12-22/h1-2,7-8,13-14,22H,3-6,9-12H2,(H,19,23)/t13?,14-/m0/s1. The Hall–Kier alpha value is -1.82. The van der Waals surface area contributed by atoms with Gasteiger partial charge >= 0.3 is 6.03 Å². The van der Waals surface area contributed by atoms with Crippen LogP contribution in [0, 0.1) is 5.82 Å². The Labute approximate surface area is 136 Å². The van der Waals surface area contributed by atoms with E-state index in [0.717, 1.165) is 32.2 Å². The number of amides is 2. The van der Waals surface area contributed by atoms with Gasteiger partial charge in [0.2, 0.25) is 0 Å². The zero-order valence-corrected chi connectivity index (χ0v) is 13.2. The molecule has 126 valence electrons. The van der Waals surface area contributed by atoms with Crippen molar-refractivity contribution >= 4 is 11.7 Å². The third-order valence-electron chi connectivity index (χ3n) is 4.79. The highest BCUT2D eigenvalue weighted by Gasteiger charge is 2.30. The van der Waals surface area contributed by atoms with Crippen LogP contribution in [-0.4, -0.2) is 54.4 Å². The normalized spacial score (nSPS) is 24.8. The van der Waals surface area contributed by atoms with Gasteiger partial charge in [-0.05, 0) is 37.8 Å². The lowest BCUT2D eigenvalue weighted by molar-refractivity contribution is 0.153. The summed E-state index contributed by atoms with van der Waals surface area (Å²) in [6.07, 6.45) is 3.61. The van der Waals surface area contributed by atoms with Gasteiger partial charge in [0.15, 0.2) is 0 Å². The van der Waals surface area contributed by atoms with Crippen LogP contribution in [0.25, 0.3) is 0 Å². The molecule has 2 aliphatic rings.